The number of imide groups is 2. The van der Waals surface area contributed by atoms with Gasteiger partial charge in [-0.25, -0.2) is 4.90 Å². The third kappa shape index (κ3) is 2.64. The van der Waals surface area contributed by atoms with E-state index in [2.05, 4.69) is 6.07 Å². The number of β-amino-alcohol motifs (C(OH)–C–C–N with tert-alkyl or cyclic N) is 1. The van der Waals surface area contributed by atoms with Crippen LogP contribution >= 0.6 is 0 Å². The number of nitrogens with zero attached hydrogens (tertiary/aromatic N) is 2. The average molecular weight is 511 g/mol. The minimum Gasteiger partial charge on any atom is -0.395 e. The fraction of sp³-hybridized carbons (Fsp3) is 0.0625. The predicted octanol–water partition coefficient (Wildman–Crippen LogP) is 5.13. The summed E-state index contributed by atoms with van der Waals surface area (Å²) in [5.74, 6) is -2.13. The molecule has 0 aromatic heterocycles. The predicted molar refractivity (Wildman–Crippen MR) is 148 cm³/mol. The minimum absolute atomic E-state index is 0.137. The highest BCUT2D eigenvalue weighted by molar-refractivity contribution is 6.41. The van der Waals surface area contributed by atoms with Crippen molar-refractivity contribution in [1.82, 2.24) is 4.90 Å². The molecule has 2 aliphatic rings. The number of rotatable bonds is 3. The third-order valence-electron chi connectivity index (χ3n) is 8.03. The van der Waals surface area contributed by atoms with Crippen LogP contribution in [0.5, 0.6) is 0 Å². The van der Waals surface area contributed by atoms with Crippen molar-refractivity contribution in [2.45, 2.75) is 0 Å². The lowest BCUT2D eigenvalue weighted by Gasteiger charge is -2.32. The van der Waals surface area contributed by atoms with E-state index in [4.69, 9.17) is 0 Å². The van der Waals surface area contributed by atoms with E-state index < -0.39 is 23.6 Å². The van der Waals surface area contributed by atoms with Crippen molar-refractivity contribution in [3.05, 3.63) is 101 Å². The van der Waals surface area contributed by atoms with Crippen LogP contribution in [0.1, 0.15) is 41.4 Å². The van der Waals surface area contributed by atoms with Gasteiger partial charge in [0, 0.05) is 38.4 Å². The first-order chi connectivity index (χ1) is 19.0. The van der Waals surface area contributed by atoms with Gasteiger partial charge in [-0.05, 0) is 57.3 Å². The average Bonchev–Trinajstić information content (AvgIpc) is 2.96. The van der Waals surface area contributed by atoms with Crippen molar-refractivity contribution in [3.63, 3.8) is 0 Å². The summed E-state index contributed by atoms with van der Waals surface area (Å²) in [4.78, 5) is 56.6. The van der Waals surface area contributed by atoms with E-state index in [0.717, 1.165) is 37.2 Å². The second-order valence-electron chi connectivity index (χ2n) is 9.95. The van der Waals surface area contributed by atoms with Gasteiger partial charge in [-0.1, -0.05) is 48.5 Å². The first-order valence-electron chi connectivity index (χ1n) is 12.6. The summed E-state index contributed by atoms with van der Waals surface area (Å²) < 4.78 is 0. The smallest absolute Gasteiger partial charge is 0.266 e. The fourth-order valence-corrected chi connectivity index (χ4v) is 6.37. The van der Waals surface area contributed by atoms with Gasteiger partial charge in [-0.15, -0.1) is 0 Å². The van der Waals surface area contributed by atoms with Crippen LogP contribution in [0, 0.1) is 0 Å². The molecule has 6 aromatic carbocycles. The number of aliphatic hydroxyl groups excluding tert-OH is 1. The zero-order valence-electron chi connectivity index (χ0n) is 20.4. The Balaban J connectivity index is 1.40. The van der Waals surface area contributed by atoms with Crippen molar-refractivity contribution in [3.8, 4) is 0 Å². The van der Waals surface area contributed by atoms with E-state index in [1.165, 1.54) is 17.0 Å². The molecule has 2 heterocycles. The number of hydrogen-bond donors (Lipinski definition) is 1. The fourth-order valence-electron chi connectivity index (χ4n) is 6.37. The van der Waals surface area contributed by atoms with Crippen molar-refractivity contribution in [1.29, 1.82) is 0 Å². The van der Waals surface area contributed by atoms with Gasteiger partial charge in [0.05, 0.1) is 18.8 Å². The van der Waals surface area contributed by atoms with E-state index in [1.54, 1.807) is 12.1 Å². The summed E-state index contributed by atoms with van der Waals surface area (Å²) in [6.07, 6.45) is 0. The number of anilines is 1. The highest BCUT2D eigenvalue weighted by Crippen LogP contribution is 2.44. The number of amides is 4. The van der Waals surface area contributed by atoms with E-state index in [-0.39, 0.29) is 35.4 Å². The quantitative estimate of drug-likeness (QED) is 0.263. The molecule has 0 aliphatic carbocycles. The second kappa shape index (κ2) is 7.46. The molecule has 6 aromatic rings. The summed E-state index contributed by atoms with van der Waals surface area (Å²) in [6.45, 7) is -0.502. The molecule has 4 amide bonds. The van der Waals surface area contributed by atoms with Gasteiger partial charge in [0.15, 0.2) is 0 Å². The lowest BCUT2D eigenvalue weighted by Crippen LogP contribution is -2.44. The van der Waals surface area contributed by atoms with Gasteiger partial charge < -0.3 is 5.11 Å². The summed E-state index contributed by atoms with van der Waals surface area (Å²) in [6, 6.07) is 24.0. The summed E-state index contributed by atoms with van der Waals surface area (Å²) in [5.41, 5.74) is 1.46. The molecular weight excluding hydrogens is 492 g/mol. The molecule has 7 nitrogen and oxygen atoms in total. The zero-order valence-corrected chi connectivity index (χ0v) is 20.4. The normalized spacial score (nSPS) is 15.1. The zero-order chi connectivity index (χ0) is 26.6. The summed E-state index contributed by atoms with van der Waals surface area (Å²) >= 11 is 0. The molecule has 1 N–H and O–H groups in total. The van der Waals surface area contributed by atoms with Crippen molar-refractivity contribution >= 4 is 72.4 Å². The van der Waals surface area contributed by atoms with Crippen LogP contribution in [-0.4, -0.2) is 46.8 Å². The van der Waals surface area contributed by atoms with Gasteiger partial charge in [0.1, 0.15) is 0 Å². The summed E-state index contributed by atoms with van der Waals surface area (Å²) in [7, 11) is 0. The Labute approximate surface area is 220 Å². The van der Waals surface area contributed by atoms with Crippen molar-refractivity contribution in [2.75, 3.05) is 18.1 Å². The van der Waals surface area contributed by atoms with Gasteiger partial charge in [-0.3, -0.25) is 24.1 Å². The molecule has 0 atom stereocenters. The number of aliphatic hydroxyl groups is 1. The van der Waals surface area contributed by atoms with Gasteiger partial charge in [0.2, 0.25) is 0 Å². The molecule has 0 fully saturated rings. The molecule has 7 heteroatoms. The summed E-state index contributed by atoms with van der Waals surface area (Å²) in [5, 5.41) is 15.9. The Kier molecular flexibility index (Phi) is 4.19. The van der Waals surface area contributed by atoms with Crippen molar-refractivity contribution < 1.29 is 24.3 Å². The van der Waals surface area contributed by atoms with Crippen LogP contribution in [0.2, 0.25) is 0 Å². The lowest BCUT2D eigenvalue weighted by atomic mass is 9.85. The molecule has 8 rings (SSSR count). The first-order valence-corrected chi connectivity index (χ1v) is 12.6. The van der Waals surface area contributed by atoms with E-state index in [0.29, 0.717) is 16.5 Å². The van der Waals surface area contributed by atoms with Gasteiger partial charge in [-0.2, -0.15) is 0 Å². The molecule has 39 heavy (non-hydrogen) atoms. The monoisotopic (exact) mass is 510 g/mol. The number of hydrogen-bond acceptors (Lipinski definition) is 5. The minimum atomic E-state index is -0.557. The molecular formula is C32H18N2O5. The highest BCUT2D eigenvalue weighted by atomic mass is 16.3. The Bertz CT molecular complexity index is 2060. The Morgan fingerprint density at radius 3 is 1.64 bits per heavy atom. The highest BCUT2D eigenvalue weighted by Gasteiger charge is 2.40. The number of carbonyl (C=O) groups is 4. The Morgan fingerprint density at radius 2 is 1.05 bits per heavy atom. The molecule has 0 saturated carbocycles. The van der Waals surface area contributed by atoms with E-state index in [1.807, 2.05) is 48.5 Å². The van der Waals surface area contributed by atoms with Gasteiger partial charge in [0.25, 0.3) is 23.6 Å². The molecule has 2 aliphatic heterocycles. The maximum Gasteiger partial charge on any atom is 0.266 e. The first kappa shape index (κ1) is 21.9. The van der Waals surface area contributed by atoms with Crippen molar-refractivity contribution in [2.24, 2.45) is 0 Å². The lowest BCUT2D eigenvalue weighted by molar-refractivity contribution is 0.0579. The maximum atomic E-state index is 14.1. The molecule has 0 spiro atoms. The SMILES string of the molecule is O=C1c2ccc3c4c(ccc(c24)C(=O)N1CCO)C(=O)N(c1cc2cccc4ccc5cccc1c5c42)C3=O. The van der Waals surface area contributed by atoms with Crippen LogP contribution < -0.4 is 4.90 Å². The molecule has 0 unspecified atom stereocenters. The number of carbonyl (C=O) groups excluding carboxylic acids is 4. The molecule has 0 saturated heterocycles. The second-order valence-corrected chi connectivity index (χ2v) is 9.95. The van der Waals surface area contributed by atoms with Crippen LogP contribution in [0.4, 0.5) is 5.69 Å². The topological polar surface area (TPSA) is 95.0 Å². The van der Waals surface area contributed by atoms with Crippen LogP contribution in [-0.2, 0) is 0 Å². The molecule has 0 bridgehead atoms. The molecule has 0 radical (unpaired) electrons. The largest absolute Gasteiger partial charge is 0.395 e. The van der Waals surface area contributed by atoms with Gasteiger partial charge >= 0.3 is 0 Å². The van der Waals surface area contributed by atoms with E-state index in [9.17, 15) is 24.3 Å². The van der Waals surface area contributed by atoms with Crippen LogP contribution in [0.15, 0.2) is 78.9 Å². The molecule has 186 valence electrons. The van der Waals surface area contributed by atoms with Crippen LogP contribution in [0.3, 0.4) is 0 Å². The third-order valence-corrected chi connectivity index (χ3v) is 8.03. The van der Waals surface area contributed by atoms with E-state index >= 15 is 0 Å². The van der Waals surface area contributed by atoms with Crippen LogP contribution in [0.25, 0.3) is 43.1 Å². The Hall–Kier alpha value is -5.14. The number of benzene rings is 6. The Morgan fingerprint density at radius 1 is 0.538 bits per heavy atom. The standard InChI is InChI=1S/C32H18N2O5/c35-14-13-33-29(36)20-9-11-22-28-23(12-10-21(27(20)28)30(33)37)32(39)34(31(22)38)24-15-18-5-1-3-16-7-8-17-4-2-6-19(24)26(17)25(16)18/h1-12,15,35H,13-14H2. The maximum absolute atomic E-state index is 14.1.